The van der Waals surface area contributed by atoms with E-state index in [9.17, 15) is 18.9 Å². The Bertz CT molecular complexity index is 1800. The van der Waals surface area contributed by atoms with Crippen LogP contribution in [0.15, 0.2) is 60.6 Å². The molecule has 3 aromatic rings. The van der Waals surface area contributed by atoms with Gasteiger partial charge < -0.3 is 10.6 Å². The molecule has 0 spiro atoms. The lowest BCUT2D eigenvalue weighted by molar-refractivity contribution is 0.443. The third-order valence-corrected chi connectivity index (χ3v) is 8.36. The second-order valence-corrected chi connectivity index (χ2v) is 14.0. The van der Waals surface area contributed by atoms with Gasteiger partial charge in [-0.05, 0) is 49.0 Å². The second kappa shape index (κ2) is 12.3. The number of anilines is 2. The molecule has 43 heavy (non-hydrogen) atoms. The molecule has 0 aliphatic heterocycles. The minimum Gasteiger partial charge on any atom is -0.383 e. The minimum absolute atomic E-state index is 0.0539. The average Bonchev–Trinajstić information content (AvgIpc) is 3.68. The van der Waals surface area contributed by atoms with Crippen LogP contribution in [0.2, 0.25) is 0 Å². The molecule has 224 valence electrons. The number of aromatic nitrogens is 4. The monoisotopic (exact) mass is 599 g/mol. The molecule has 0 radical (unpaired) electrons. The molecule has 1 aromatic carbocycles. The predicted octanol–water partition coefficient (Wildman–Crippen LogP) is 5.42. The zero-order valence-electron chi connectivity index (χ0n) is 25.4. The highest BCUT2D eigenvalue weighted by atomic mass is 32.2. The quantitative estimate of drug-likeness (QED) is 0.275. The molecule has 2 N–H and O–H groups in total. The molecule has 2 aromatic heterocycles. The van der Waals surface area contributed by atoms with Crippen LogP contribution < -0.4 is 10.6 Å². The number of nitriles is 2. The number of pyridine rings is 1. The van der Waals surface area contributed by atoms with Crippen molar-refractivity contribution < 1.29 is 8.42 Å². The van der Waals surface area contributed by atoms with Gasteiger partial charge in [0.1, 0.15) is 17.8 Å². The van der Waals surface area contributed by atoms with Crippen molar-refractivity contribution >= 4 is 32.3 Å². The number of hydrogen-bond donors (Lipinski definition) is 2. The van der Waals surface area contributed by atoms with Crippen LogP contribution in [0.5, 0.6) is 0 Å². The Morgan fingerprint density at radius 2 is 1.95 bits per heavy atom. The summed E-state index contributed by atoms with van der Waals surface area (Å²) < 4.78 is 26.8. The molecule has 1 fully saturated rings. The number of fused-ring (bicyclic) bond motifs is 1. The van der Waals surface area contributed by atoms with Gasteiger partial charge in [0, 0.05) is 36.6 Å². The first-order valence-corrected chi connectivity index (χ1v) is 15.7. The Balaban J connectivity index is 1.75. The molecular formula is C31H37N9O2S. The van der Waals surface area contributed by atoms with Crippen LogP contribution in [-0.4, -0.2) is 52.5 Å². The van der Waals surface area contributed by atoms with Crippen LogP contribution >= 0.6 is 0 Å². The summed E-state index contributed by atoms with van der Waals surface area (Å²) in [7, 11) is -1.89. The maximum atomic E-state index is 11.9. The van der Waals surface area contributed by atoms with E-state index >= 15 is 0 Å². The van der Waals surface area contributed by atoms with E-state index in [1.807, 2.05) is 16.9 Å². The minimum atomic E-state index is -3.38. The van der Waals surface area contributed by atoms with E-state index in [1.54, 1.807) is 31.2 Å². The summed E-state index contributed by atoms with van der Waals surface area (Å²) in [4.78, 5) is 4.44. The average molecular weight is 600 g/mol. The number of nitrogens with zero attached hydrogens (tertiary/aromatic N) is 7. The fourth-order valence-electron chi connectivity index (χ4n) is 4.34. The topological polar surface area (TPSA) is 153 Å². The van der Waals surface area contributed by atoms with E-state index in [2.05, 4.69) is 65.4 Å². The summed E-state index contributed by atoms with van der Waals surface area (Å²) in [5.74, 6) is 0. The first-order chi connectivity index (χ1) is 20.2. The van der Waals surface area contributed by atoms with E-state index in [1.165, 1.54) is 17.5 Å². The Labute approximate surface area is 253 Å². The molecule has 1 atom stereocenters. The summed E-state index contributed by atoms with van der Waals surface area (Å²) >= 11 is 0. The summed E-state index contributed by atoms with van der Waals surface area (Å²) in [5.41, 5.74) is 4.24. The SMILES string of the molecule is C=C(/C=C\C=C(/C)N(C)S(C)(=O)=O)[C@H](Nc1cc(C#N)c2ncc(C#N)c(NCC(C)(C)C)c2c1)c1cn(C2CC2)nn1. The maximum absolute atomic E-state index is 11.9. The number of allylic oxidation sites excluding steroid dienone is 3. The van der Waals surface area contributed by atoms with Crippen molar-refractivity contribution in [2.75, 3.05) is 30.5 Å². The van der Waals surface area contributed by atoms with Crippen molar-refractivity contribution in [3.8, 4) is 12.1 Å². The number of rotatable bonds is 11. The highest BCUT2D eigenvalue weighted by Crippen LogP contribution is 2.36. The molecule has 0 unspecified atom stereocenters. The molecule has 1 aliphatic rings. The lowest BCUT2D eigenvalue weighted by Crippen LogP contribution is -2.23. The summed E-state index contributed by atoms with van der Waals surface area (Å²) in [5, 5.41) is 36.1. The highest BCUT2D eigenvalue weighted by Gasteiger charge is 2.27. The smallest absolute Gasteiger partial charge is 0.231 e. The van der Waals surface area contributed by atoms with Gasteiger partial charge in [0.25, 0.3) is 0 Å². The Kier molecular flexibility index (Phi) is 8.93. The Morgan fingerprint density at radius 3 is 2.56 bits per heavy atom. The van der Waals surface area contributed by atoms with Gasteiger partial charge in [-0.15, -0.1) is 5.10 Å². The molecule has 11 nitrogen and oxygen atoms in total. The molecular weight excluding hydrogens is 562 g/mol. The molecule has 0 amide bonds. The molecule has 1 aliphatic carbocycles. The van der Waals surface area contributed by atoms with Crippen LogP contribution in [0.4, 0.5) is 11.4 Å². The summed E-state index contributed by atoms with van der Waals surface area (Å²) in [6, 6.07) is 7.86. The van der Waals surface area contributed by atoms with Crippen molar-refractivity contribution in [2.24, 2.45) is 5.41 Å². The van der Waals surface area contributed by atoms with E-state index < -0.39 is 16.1 Å². The van der Waals surface area contributed by atoms with Crippen LogP contribution in [0.1, 0.15) is 69.4 Å². The normalized spacial score (nSPS) is 14.7. The van der Waals surface area contributed by atoms with Crippen LogP contribution in [0.25, 0.3) is 10.9 Å². The van der Waals surface area contributed by atoms with Gasteiger partial charge >= 0.3 is 0 Å². The Hall–Kier alpha value is -4.68. The zero-order chi connectivity index (χ0) is 31.5. The fourth-order valence-corrected chi connectivity index (χ4v) is 4.92. The molecule has 0 bridgehead atoms. The van der Waals surface area contributed by atoms with E-state index in [-0.39, 0.29) is 5.41 Å². The predicted molar refractivity (Wildman–Crippen MR) is 168 cm³/mol. The van der Waals surface area contributed by atoms with Gasteiger partial charge in [-0.1, -0.05) is 44.7 Å². The van der Waals surface area contributed by atoms with Crippen LogP contribution in [0, 0.1) is 28.1 Å². The standard InChI is InChI=1S/C31H37N9O2S/c1-20(9-8-10-21(2)39(6)43(7,41)42)28(27-18-40(38-37-27)25-11-12-25)36-24-13-22(15-32)29-26(14-24)30(23(16-33)17-34-29)35-19-31(3,4)5/h8-10,13-14,17-18,25,28,36H,1,11-12,19H2,2-7H3,(H,34,35)/b9-8-,21-10+/t28-/m0/s1. The summed E-state index contributed by atoms with van der Waals surface area (Å²) in [6.45, 7) is 12.9. The van der Waals surface area contributed by atoms with Crippen molar-refractivity contribution in [2.45, 2.75) is 52.6 Å². The highest BCUT2D eigenvalue weighted by molar-refractivity contribution is 7.88. The van der Waals surface area contributed by atoms with Gasteiger partial charge in [-0.25, -0.2) is 13.1 Å². The van der Waals surface area contributed by atoms with Gasteiger partial charge in [-0.2, -0.15) is 10.5 Å². The number of nitrogens with one attached hydrogen (secondary N) is 2. The zero-order valence-corrected chi connectivity index (χ0v) is 26.2. The van der Waals surface area contributed by atoms with Gasteiger partial charge in [-0.3, -0.25) is 9.29 Å². The Morgan fingerprint density at radius 1 is 1.26 bits per heavy atom. The number of hydrogen-bond acceptors (Lipinski definition) is 9. The lowest BCUT2D eigenvalue weighted by atomic mass is 9.96. The van der Waals surface area contributed by atoms with E-state index in [0.717, 1.165) is 19.1 Å². The van der Waals surface area contributed by atoms with Crippen molar-refractivity contribution in [3.63, 3.8) is 0 Å². The third kappa shape index (κ3) is 7.59. The van der Waals surface area contributed by atoms with E-state index in [0.29, 0.717) is 63.0 Å². The first kappa shape index (κ1) is 31.3. The third-order valence-electron chi connectivity index (χ3n) is 7.08. The fraction of sp³-hybridized carbons (Fsp3) is 0.387. The second-order valence-electron chi connectivity index (χ2n) is 12.0. The molecule has 12 heteroatoms. The largest absolute Gasteiger partial charge is 0.383 e. The van der Waals surface area contributed by atoms with E-state index in [4.69, 9.17) is 0 Å². The first-order valence-electron chi connectivity index (χ1n) is 13.9. The van der Waals surface area contributed by atoms with Crippen LogP contribution in [-0.2, 0) is 10.0 Å². The number of benzene rings is 1. The summed E-state index contributed by atoms with van der Waals surface area (Å²) in [6.07, 6.45) is 11.8. The van der Waals surface area contributed by atoms with Gasteiger partial charge in [0.2, 0.25) is 10.0 Å². The molecule has 2 heterocycles. The molecule has 1 saturated carbocycles. The van der Waals surface area contributed by atoms with Gasteiger partial charge in [0.05, 0.1) is 46.9 Å². The number of sulfonamides is 1. The van der Waals surface area contributed by atoms with Gasteiger partial charge in [0.15, 0.2) is 0 Å². The molecule has 0 saturated heterocycles. The molecule has 4 rings (SSSR count). The van der Waals surface area contributed by atoms with Crippen molar-refractivity contribution in [1.29, 1.82) is 10.5 Å². The maximum Gasteiger partial charge on any atom is 0.231 e. The van der Waals surface area contributed by atoms with Crippen molar-refractivity contribution in [1.82, 2.24) is 24.3 Å². The van der Waals surface area contributed by atoms with Crippen molar-refractivity contribution in [3.05, 3.63) is 77.4 Å². The lowest BCUT2D eigenvalue weighted by Gasteiger charge is -2.22. The van der Waals surface area contributed by atoms with Crippen LogP contribution in [0.3, 0.4) is 0 Å².